The van der Waals surface area contributed by atoms with Gasteiger partial charge in [-0.1, -0.05) is 13.0 Å². The van der Waals surface area contributed by atoms with Gasteiger partial charge in [0.25, 0.3) is 0 Å². The lowest BCUT2D eigenvalue weighted by Crippen LogP contribution is -2.07. The highest BCUT2D eigenvalue weighted by atomic mass is 35.5. The van der Waals surface area contributed by atoms with E-state index in [1.807, 2.05) is 6.07 Å². The van der Waals surface area contributed by atoms with Crippen LogP contribution in [0.25, 0.3) is 11.2 Å². The normalized spacial score (nSPS) is 10.9. The number of rotatable bonds is 4. The zero-order valence-electron chi connectivity index (χ0n) is 10.9. The molecule has 20 heavy (non-hydrogen) atoms. The number of aromatic amines is 1. The first-order valence-electron chi connectivity index (χ1n) is 6.31. The van der Waals surface area contributed by atoms with Crippen molar-refractivity contribution in [3.8, 4) is 0 Å². The van der Waals surface area contributed by atoms with Gasteiger partial charge in [-0.25, -0.2) is 4.98 Å². The van der Waals surface area contributed by atoms with Crippen LogP contribution in [0.3, 0.4) is 0 Å². The molecule has 0 unspecified atom stereocenters. The van der Waals surface area contributed by atoms with Crippen molar-refractivity contribution < 1.29 is 0 Å². The van der Waals surface area contributed by atoms with Crippen LogP contribution < -0.4 is 5.32 Å². The van der Waals surface area contributed by atoms with Crippen molar-refractivity contribution >= 4 is 28.6 Å². The Morgan fingerprint density at radius 3 is 3.05 bits per heavy atom. The van der Waals surface area contributed by atoms with E-state index in [0.29, 0.717) is 18.0 Å². The zero-order valence-corrected chi connectivity index (χ0v) is 11.6. The molecule has 3 rings (SSSR count). The van der Waals surface area contributed by atoms with E-state index < -0.39 is 0 Å². The van der Waals surface area contributed by atoms with Gasteiger partial charge < -0.3 is 10.3 Å². The number of anilines is 1. The lowest BCUT2D eigenvalue weighted by molar-refractivity contribution is 0.964. The topological polar surface area (TPSA) is 79.4 Å². The number of fused-ring (bicyclic) bond motifs is 1. The molecule has 0 fully saturated rings. The number of pyridine rings is 1. The third-order valence-corrected chi connectivity index (χ3v) is 3.22. The molecule has 7 heteroatoms. The number of hydrogen-bond donors (Lipinski definition) is 2. The molecule has 0 amide bonds. The van der Waals surface area contributed by atoms with Crippen LogP contribution >= 0.6 is 11.6 Å². The van der Waals surface area contributed by atoms with Crippen molar-refractivity contribution in [2.75, 3.05) is 5.32 Å². The quantitative estimate of drug-likeness (QED) is 0.721. The average Bonchev–Trinajstić information content (AvgIpc) is 2.93. The van der Waals surface area contributed by atoms with E-state index in [1.54, 1.807) is 12.5 Å². The Balaban J connectivity index is 1.88. The van der Waals surface area contributed by atoms with Crippen molar-refractivity contribution in [1.29, 1.82) is 0 Å². The van der Waals surface area contributed by atoms with Crippen molar-refractivity contribution in [3.63, 3.8) is 0 Å². The molecule has 0 spiro atoms. The van der Waals surface area contributed by atoms with E-state index in [-0.39, 0.29) is 5.28 Å². The second-order valence-electron chi connectivity index (χ2n) is 4.26. The Hall–Kier alpha value is -2.21. The number of H-pyrrole nitrogens is 1. The van der Waals surface area contributed by atoms with Crippen molar-refractivity contribution in [2.24, 2.45) is 0 Å². The van der Waals surface area contributed by atoms with Crippen LogP contribution in [-0.2, 0) is 13.0 Å². The Morgan fingerprint density at radius 2 is 2.20 bits per heavy atom. The van der Waals surface area contributed by atoms with Crippen LogP contribution in [-0.4, -0.2) is 24.9 Å². The molecule has 0 aliphatic heterocycles. The molecule has 3 heterocycles. The Bertz CT molecular complexity index is 739. The molecule has 102 valence electrons. The average molecular weight is 289 g/mol. The lowest BCUT2D eigenvalue weighted by Gasteiger charge is -2.09. The number of aromatic nitrogens is 5. The number of aryl methyl sites for hydroxylation is 1. The standard InChI is InChI=1S/C13H13ClN6/c1-2-8-4-3-5-15-9(8)6-16-11-10-12(18-7-17-10)20-13(14)19-11/h3-5,7H,2,6H2,1H3,(H2,16,17,18,19,20). The summed E-state index contributed by atoms with van der Waals surface area (Å²) < 4.78 is 0. The summed E-state index contributed by atoms with van der Waals surface area (Å²) >= 11 is 5.89. The molecule has 0 saturated heterocycles. The van der Waals surface area contributed by atoms with Gasteiger partial charge in [-0.15, -0.1) is 0 Å². The summed E-state index contributed by atoms with van der Waals surface area (Å²) in [6, 6.07) is 4.01. The first-order chi connectivity index (χ1) is 9.78. The molecule has 2 N–H and O–H groups in total. The predicted octanol–water partition coefficient (Wildman–Crippen LogP) is 2.58. The fraction of sp³-hybridized carbons (Fsp3) is 0.231. The Morgan fingerprint density at radius 1 is 1.30 bits per heavy atom. The highest BCUT2D eigenvalue weighted by Gasteiger charge is 2.09. The molecule has 0 aliphatic rings. The Labute approximate surface area is 120 Å². The van der Waals surface area contributed by atoms with Gasteiger partial charge >= 0.3 is 0 Å². The van der Waals surface area contributed by atoms with Gasteiger partial charge in [0.05, 0.1) is 18.6 Å². The first kappa shape index (κ1) is 12.8. The molecular formula is C13H13ClN6. The van der Waals surface area contributed by atoms with E-state index in [2.05, 4.69) is 43.2 Å². The maximum Gasteiger partial charge on any atom is 0.226 e. The van der Waals surface area contributed by atoms with E-state index in [0.717, 1.165) is 17.6 Å². The third-order valence-electron chi connectivity index (χ3n) is 3.05. The number of halogens is 1. The van der Waals surface area contributed by atoms with Crippen molar-refractivity contribution in [1.82, 2.24) is 24.9 Å². The highest BCUT2D eigenvalue weighted by molar-refractivity contribution is 6.28. The molecule has 3 aromatic heterocycles. The number of nitrogens with one attached hydrogen (secondary N) is 2. The second-order valence-corrected chi connectivity index (χ2v) is 4.60. The molecule has 0 aliphatic carbocycles. The lowest BCUT2D eigenvalue weighted by atomic mass is 10.1. The van der Waals surface area contributed by atoms with E-state index in [9.17, 15) is 0 Å². The molecule has 0 saturated carbocycles. The third kappa shape index (κ3) is 2.42. The summed E-state index contributed by atoms with van der Waals surface area (Å²) in [6.45, 7) is 2.68. The SMILES string of the molecule is CCc1cccnc1CNc1nc(Cl)nc2nc[nH]c12. The van der Waals surface area contributed by atoms with Crippen LogP contribution in [0.2, 0.25) is 5.28 Å². The van der Waals surface area contributed by atoms with E-state index in [4.69, 9.17) is 11.6 Å². The molecule has 0 aromatic carbocycles. The fourth-order valence-corrected chi connectivity index (χ4v) is 2.22. The highest BCUT2D eigenvalue weighted by Crippen LogP contribution is 2.19. The predicted molar refractivity (Wildman–Crippen MR) is 77.6 cm³/mol. The van der Waals surface area contributed by atoms with E-state index in [1.165, 1.54) is 5.56 Å². The van der Waals surface area contributed by atoms with Crippen LogP contribution in [0.1, 0.15) is 18.2 Å². The van der Waals surface area contributed by atoms with Crippen LogP contribution in [0, 0.1) is 0 Å². The maximum absolute atomic E-state index is 5.89. The summed E-state index contributed by atoms with van der Waals surface area (Å²) in [4.78, 5) is 19.7. The van der Waals surface area contributed by atoms with Gasteiger partial charge in [0.15, 0.2) is 11.5 Å². The molecular weight excluding hydrogens is 276 g/mol. The summed E-state index contributed by atoms with van der Waals surface area (Å²) in [5.41, 5.74) is 3.49. The first-order valence-corrected chi connectivity index (χ1v) is 6.69. The van der Waals surface area contributed by atoms with Crippen molar-refractivity contribution in [3.05, 3.63) is 41.2 Å². The monoisotopic (exact) mass is 288 g/mol. The summed E-state index contributed by atoms with van der Waals surface area (Å²) in [6.07, 6.45) is 4.29. The largest absolute Gasteiger partial charge is 0.362 e. The summed E-state index contributed by atoms with van der Waals surface area (Å²) in [5, 5.41) is 3.41. The van der Waals surface area contributed by atoms with Gasteiger partial charge in [-0.05, 0) is 29.7 Å². The molecule has 6 nitrogen and oxygen atoms in total. The second kappa shape index (κ2) is 5.42. The number of imidazole rings is 1. The fourth-order valence-electron chi connectivity index (χ4n) is 2.05. The van der Waals surface area contributed by atoms with Crippen LogP contribution in [0.5, 0.6) is 0 Å². The van der Waals surface area contributed by atoms with Crippen LogP contribution in [0.15, 0.2) is 24.7 Å². The maximum atomic E-state index is 5.89. The van der Waals surface area contributed by atoms with Gasteiger partial charge in [0, 0.05) is 6.20 Å². The minimum atomic E-state index is 0.170. The molecule has 0 atom stereocenters. The summed E-state index contributed by atoms with van der Waals surface area (Å²) in [7, 11) is 0. The number of nitrogens with zero attached hydrogens (tertiary/aromatic N) is 4. The van der Waals surface area contributed by atoms with Gasteiger partial charge in [-0.2, -0.15) is 9.97 Å². The molecule has 0 bridgehead atoms. The Kier molecular flexibility index (Phi) is 3.47. The smallest absolute Gasteiger partial charge is 0.226 e. The van der Waals surface area contributed by atoms with Crippen LogP contribution in [0.4, 0.5) is 5.82 Å². The minimum absolute atomic E-state index is 0.170. The van der Waals surface area contributed by atoms with Gasteiger partial charge in [-0.3, -0.25) is 4.98 Å². The minimum Gasteiger partial charge on any atom is -0.362 e. The van der Waals surface area contributed by atoms with Crippen molar-refractivity contribution in [2.45, 2.75) is 19.9 Å². The molecule has 0 radical (unpaired) electrons. The van der Waals surface area contributed by atoms with E-state index >= 15 is 0 Å². The number of hydrogen-bond acceptors (Lipinski definition) is 5. The zero-order chi connectivity index (χ0) is 13.9. The van der Waals surface area contributed by atoms with Gasteiger partial charge in [0.1, 0.15) is 5.52 Å². The summed E-state index contributed by atoms with van der Waals surface area (Å²) in [5.74, 6) is 0.630. The van der Waals surface area contributed by atoms with Gasteiger partial charge in [0.2, 0.25) is 5.28 Å². The molecule has 3 aromatic rings.